The number of aromatic nitrogens is 1. The zero-order valence-electron chi connectivity index (χ0n) is 16.5. The number of halogens is 2. The highest BCUT2D eigenvalue weighted by atomic mass is 79.9. The summed E-state index contributed by atoms with van der Waals surface area (Å²) >= 11 is 7.61. The Bertz CT molecular complexity index is 599. The third kappa shape index (κ3) is 5.25. The molecule has 0 spiro atoms. The first kappa shape index (κ1) is 21.3. The van der Waals surface area contributed by atoms with Crippen LogP contribution in [-0.2, 0) is 6.42 Å². The van der Waals surface area contributed by atoms with Gasteiger partial charge in [-0.15, -0.1) is 0 Å². The molecule has 25 heavy (non-hydrogen) atoms. The summed E-state index contributed by atoms with van der Waals surface area (Å²) in [5.41, 5.74) is 2.98. The van der Waals surface area contributed by atoms with E-state index in [1.807, 2.05) is 0 Å². The lowest BCUT2D eigenvalue weighted by Crippen LogP contribution is -2.30. The molecule has 140 valence electrons. The Labute approximate surface area is 171 Å². The fourth-order valence-electron chi connectivity index (χ4n) is 4.10. The molecule has 2 heterocycles. The van der Waals surface area contributed by atoms with Crippen molar-refractivity contribution in [3.8, 4) is 0 Å². The van der Waals surface area contributed by atoms with Crippen molar-refractivity contribution in [3.63, 3.8) is 0 Å². The Morgan fingerprint density at radius 1 is 1.20 bits per heavy atom. The summed E-state index contributed by atoms with van der Waals surface area (Å²) in [4.78, 5) is 4.98. The number of rotatable bonds is 9. The van der Waals surface area contributed by atoms with E-state index < -0.39 is 0 Å². The molecule has 1 aliphatic rings. The predicted octanol–water partition coefficient (Wildman–Crippen LogP) is 7.25. The number of hydrogen-bond acceptors (Lipinski definition) is 1. The summed E-state index contributed by atoms with van der Waals surface area (Å²) in [7, 11) is 0. The molecule has 1 aromatic heterocycles. The van der Waals surface area contributed by atoms with Gasteiger partial charge in [0, 0.05) is 28.5 Å². The van der Waals surface area contributed by atoms with E-state index in [0.717, 1.165) is 12.8 Å². The Kier molecular flexibility index (Phi) is 7.88. The number of aliphatic imine (C=N–C) groups is 1. The van der Waals surface area contributed by atoms with Crippen LogP contribution in [0.5, 0.6) is 0 Å². The smallest absolute Gasteiger partial charge is 0.259 e. The van der Waals surface area contributed by atoms with Crippen LogP contribution in [0.1, 0.15) is 72.4 Å². The Morgan fingerprint density at radius 3 is 2.28 bits per heavy atom. The zero-order valence-corrected chi connectivity index (χ0v) is 19.7. The van der Waals surface area contributed by atoms with Crippen LogP contribution in [0, 0.1) is 5.41 Å². The molecule has 1 aliphatic heterocycles. The molecule has 0 aromatic carbocycles. The van der Waals surface area contributed by atoms with Gasteiger partial charge in [0.05, 0.1) is 10.5 Å². The molecule has 1 aromatic rings. The van der Waals surface area contributed by atoms with E-state index in [-0.39, 0.29) is 5.41 Å². The lowest BCUT2D eigenvalue weighted by Gasteiger charge is -2.27. The topological polar surface area (TPSA) is 17.3 Å². The maximum absolute atomic E-state index is 4.98. The summed E-state index contributed by atoms with van der Waals surface area (Å²) in [5.74, 6) is 0. The van der Waals surface area contributed by atoms with Gasteiger partial charge in [0.15, 0.2) is 0 Å². The molecule has 0 saturated heterocycles. The molecule has 0 bridgehead atoms. The van der Waals surface area contributed by atoms with E-state index in [0.29, 0.717) is 12.9 Å². The van der Waals surface area contributed by atoms with Crippen LogP contribution < -0.4 is 0 Å². The second kappa shape index (κ2) is 9.26. The van der Waals surface area contributed by atoms with Crippen molar-refractivity contribution in [1.82, 2.24) is 4.48 Å². The minimum absolute atomic E-state index is 0.257. The maximum Gasteiger partial charge on any atom is 0.259 e. The van der Waals surface area contributed by atoms with Crippen molar-refractivity contribution in [2.75, 3.05) is 0 Å². The Morgan fingerprint density at radius 2 is 1.80 bits per heavy atom. The van der Waals surface area contributed by atoms with Gasteiger partial charge in [-0.2, -0.15) is 0 Å². The summed E-state index contributed by atoms with van der Waals surface area (Å²) in [6, 6.07) is 0.377. The summed E-state index contributed by atoms with van der Waals surface area (Å²) in [6.45, 7) is 12.1. The molecular weight excluding hydrogens is 439 g/mol. The molecule has 2 rings (SSSR count). The normalized spacial score (nSPS) is 19.3. The van der Waals surface area contributed by atoms with Gasteiger partial charge in [-0.05, 0) is 50.6 Å². The second-order valence-corrected chi connectivity index (χ2v) is 9.98. The fourth-order valence-corrected chi connectivity index (χ4v) is 5.02. The molecule has 2 nitrogen and oxygen atoms in total. The SMILES string of the molecule is CCCCB(CCCC)n1cc(Br)c(Br)c1CC1N=C(C)CC1(C)C. The first-order chi connectivity index (χ1) is 11.8. The fraction of sp³-hybridized carbons (Fsp3) is 0.750. The predicted molar refractivity (Wildman–Crippen MR) is 119 cm³/mol. The van der Waals surface area contributed by atoms with Crippen LogP contribution >= 0.6 is 31.9 Å². The minimum Gasteiger partial charge on any atom is -0.394 e. The van der Waals surface area contributed by atoms with Crippen LogP contribution in [-0.4, -0.2) is 23.1 Å². The Hall–Kier alpha value is -0.0251. The quantitative estimate of drug-likeness (QED) is 0.337. The molecule has 0 N–H and O–H groups in total. The molecular formula is C20H33BBr2N2. The van der Waals surface area contributed by atoms with Crippen LogP contribution in [0.25, 0.3) is 0 Å². The average molecular weight is 472 g/mol. The van der Waals surface area contributed by atoms with Crippen molar-refractivity contribution in [2.24, 2.45) is 10.4 Å². The van der Waals surface area contributed by atoms with Gasteiger partial charge in [0.2, 0.25) is 0 Å². The van der Waals surface area contributed by atoms with Crippen molar-refractivity contribution < 1.29 is 0 Å². The van der Waals surface area contributed by atoms with Crippen molar-refractivity contribution in [1.29, 1.82) is 0 Å². The highest BCUT2D eigenvalue weighted by Gasteiger charge is 2.36. The van der Waals surface area contributed by atoms with Crippen molar-refractivity contribution in [3.05, 3.63) is 20.8 Å². The van der Waals surface area contributed by atoms with E-state index in [2.05, 4.69) is 77.2 Å². The number of hydrogen-bond donors (Lipinski definition) is 0. The number of nitrogens with zero attached hydrogens (tertiary/aromatic N) is 2. The van der Waals surface area contributed by atoms with Crippen LogP contribution in [0.4, 0.5) is 0 Å². The third-order valence-corrected chi connectivity index (χ3v) is 7.60. The molecule has 0 radical (unpaired) electrons. The van der Waals surface area contributed by atoms with Crippen LogP contribution in [0.3, 0.4) is 0 Å². The lowest BCUT2D eigenvalue weighted by atomic mass is 9.54. The molecule has 1 unspecified atom stereocenters. The first-order valence-electron chi connectivity index (χ1n) is 9.88. The van der Waals surface area contributed by atoms with E-state index >= 15 is 0 Å². The molecule has 0 aliphatic carbocycles. The Balaban J connectivity index is 2.31. The third-order valence-electron chi connectivity index (χ3n) is 5.58. The highest BCUT2D eigenvalue weighted by molar-refractivity contribution is 9.13. The maximum atomic E-state index is 4.98. The molecule has 0 fully saturated rings. The van der Waals surface area contributed by atoms with Gasteiger partial charge in [0.1, 0.15) is 0 Å². The molecule has 1 atom stereocenters. The summed E-state index contributed by atoms with van der Waals surface area (Å²) in [5, 5.41) is 0. The van der Waals surface area contributed by atoms with Gasteiger partial charge < -0.3 is 4.48 Å². The van der Waals surface area contributed by atoms with Gasteiger partial charge in [0.25, 0.3) is 6.85 Å². The molecule has 0 amide bonds. The number of unbranched alkanes of at least 4 members (excludes halogenated alkanes) is 2. The highest BCUT2D eigenvalue weighted by Crippen LogP contribution is 2.39. The van der Waals surface area contributed by atoms with Gasteiger partial charge >= 0.3 is 0 Å². The van der Waals surface area contributed by atoms with Crippen molar-refractivity contribution in [2.45, 2.75) is 91.8 Å². The molecule has 0 saturated carbocycles. The summed E-state index contributed by atoms with van der Waals surface area (Å²) in [6.07, 6.45) is 12.1. The van der Waals surface area contributed by atoms with E-state index in [1.54, 1.807) is 0 Å². The van der Waals surface area contributed by atoms with Gasteiger partial charge in [-0.1, -0.05) is 66.0 Å². The van der Waals surface area contributed by atoms with E-state index in [9.17, 15) is 0 Å². The van der Waals surface area contributed by atoms with Gasteiger partial charge in [-0.25, -0.2) is 0 Å². The van der Waals surface area contributed by atoms with Crippen LogP contribution in [0.2, 0.25) is 12.6 Å². The standard InChI is InChI=1S/C20H33BBr2N2/c1-6-8-10-21(11-9-7-2)25-14-16(22)19(23)17(25)12-18-20(4,5)13-15(3)24-18/h14,18H,6-13H2,1-5H3. The first-order valence-corrected chi connectivity index (χ1v) is 11.5. The largest absolute Gasteiger partial charge is 0.394 e. The van der Waals surface area contributed by atoms with E-state index in [1.165, 1.54) is 58.7 Å². The average Bonchev–Trinajstić information content (AvgIpc) is 2.97. The monoisotopic (exact) mass is 470 g/mol. The molecule has 5 heteroatoms. The van der Waals surface area contributed by atoms with Crippen LogP contribution in [0.15, 0.2) is 20.1 Å². The zero-order chi connectivity index (χ0) is 18.6. The lowest BCUT2D eigenvalue weighted by molar-refractivity contribution is 0.319. The summed E-state index contributed by atoms with van der Waals surface area (Å²) < 4.78 is 4.96. The van der Waals surface area contributed by atoms with Crippen molar-refractivity contribution >= 4 is 44.4 Å². The van der Waals surface area contributed by atoms with Gasteiger partial charge in [-0.3, -0.25) is 4.99 Å². The minimum atomic E-state index is 0.257. The van der Waals surface area contributed by atoms with E-state index in [4.69, 9.17) is 4.99 Å². The second-order valence-electron chi connectivity index (χ2n) is 8.33.